The summed E-state index contributed by atoms with van der Waals surface area (Å²) < 4.78 is 14.9. The molecule has 2 aromatic heterocycles. The van der Waals surface area contributed by atoms with Gasteiger partial charge in [-0.05, 0) is 77.1 Å². The van der Waals surface area contributed by atoms with Crippen LogP contribution in [0.1, 0.15) is 51.7 Å². The molecule has 1 saturated heterocycles. The second-order valence-electron chi connectivity index (χ2n) is 11.4. The first-order valence-electron chi connectivity index (χ1n) is 13.3. The predicted octanol–water partition coefficient (Wildman–Crippen LogP) is 3.32. The van der Waals surface area contributed by atoms with Crippen molar-refractivity contribution in [3.8, 4) is 11.4 Å². The average molecular weight is 525 g/mol. The van der Waals surface area contributed by atoms with E-state index in [0.29, 0.717) is 18.0 Å². The number of aliphatic hydroxyl groups is 1. The Labute approximate surface area is 223 Å². The molecule has 9 heteroatoms. The number of hydrogen-bond acceptors (Lipinski definition) is 7. The van der Waals surface area contributed by atoms with Crippen LogP contribution in [0.25, 0.3) is 22.4 Å². The van der Waals surface area contributed by atoms with Gasteiger partial charge in [0, 0.05) is 50.7 Å². The zero-order valence-corrected chi connectivity index (χ0v) is 23.3. The van der Waals surface area contributed by atoms with Crippen LogP contribution in [0.3, 0.4) is 0 Å². The van der Waals surface area contributed by atoms with Gasteiger partial charge in [0.25, 0.3) is 5.56 Å². The molecule has 4 rings (SSSR count). The molecule has 3 heterocycles. The molecule has 0 spiro atoms. The molecule has 0 aliphatic carbocycles. The summed E-state index contributed by atoms with van der Waals surface area (Å²) in [6, 6.07) is 7.10. The van der Waals surface area contributed by atoms with Crippen LogP contribution in [0.15, 0.2) is 35.3 Å². The lowest BCUT2D eigenvalue weighted by molar-refractivity contribution is -0.160. The van der Waals surface area contributed by atoms with Crippen molar-refractivity contribution in [2.45, 2.75) is 78.3 Å². The molecule has 0 amide bonds. The third-order valence-corrected chi connectivity index (χ3v) is 6.88. The van der Waals surface area contributed by atoms with Gasteiger partial charge in [0.15, 0.2) is 0 Å². The highest BCUT2D eigenvalue weighted by molar-refractivity contribution is 5.81. The summed E-state index contributed by atoms with van der Waals surface area (Å²) in [6.45, 7) is 11.5. The number of esters is 1. The molecule has 206 valence electrons. The number of benzene rings is 1. The summed E-state index contributed by atoms with van der Waals surface area (Å²) in [5, 5.41) is 13.4. The molecule has 0 saturated carbocycles. The minimum Gasteiger partial charge on any atom is -0.459 e. The van der Waals surface area contributed by atoms with Crippen LogP contribution in [-0.4, -0.2) is 56.2 Å². The number of imidazole rings is 1. The van der Waals surface area contributed by atoms with Gasteiger partial charge in [0.1, 0.15) is 17.5 Å². The minimum absolute atomic E-state index is 0.0214. The highest BCUT2D eigenvalue weighted by Crippen LogP contribution is 2.29. The molecule has 2 atom stereocenters. The van der Waals surface area contributed by atoms with Crippen molar-refractivity contribution < 1.29 is 19.4 Å². The predicted molar refractivity (Wildman–Crippen MR) is 147 cm³/mol. The van der Waals surface area contributed by atoms with Crippen LogP contribution in [-0.2, 0) is 34.4 Å². The summed E-state index contributed by atoms with van der Waals surface area (Å²) in [5.74, 6) is 0.804. The van der Waals surface area contributed by atoms with E-state index >= 15 is 0 Å². The van der Waals surface area contributed by atoms with Gasteiger partial charge in [0.2, 0.25) is 0 Å². The van der Waals surface area contributed by atoms with Gasteiger partial charge in [0.05, 0.1) is 17.1 Å². The van der Waals surface area contributed by atoms with Crippen molar-refractivity contribution >= 4 is 17.0 Å². The largest absolute Gasteiger partial charge is 0.459 e. The normalized spacial score (nSPS) is 16.5. The van der Waals surface area contributed by atoms with E-state index < -0.39 is 23.7 Å². The molecule has 1 aliphatic heterocycles. The van der Waals surface area contributed by atoms with Gasteiger partial charge >= 0.3 is 5.97 Å². The number of fused-ring (bicyclic) bond motifs is 1. The van der Waals surface area contributed by atoms with Crippen molar-refractivity contribution in [3.63, 3.8) is 0 Å². The molecule has 3 aromatic rings. The van der Waals surface area contributed by atoms with E-state index in [2.05, 4.69) is 16.0 Å². The molecular formula is C29H40N4O5. The van der Waals surface area contributed by atoms with Crippen LogP contribution in [0.5, 0.6) is 0 Å². The molecular weight excluding hydrogens is 484 g/mol. The Balaban J connectivity index is 1.68. The number of aryl methyl sites for hydroxylation is 2. The summed E-state index contributed by atoms with van der Waals surface area (Å²) >= 11 is 0. The van der Waals surface area contributed by atoms with E-state index in [1.807, 2.05) is 31.3 Å². The minimum atomic E-state index is -0.910. The molecule has 1 aliphatic rings. The van der Waals surface area contributed by atoms with E-state index in [9.17, 15) is 14.7 Å². The zero-order chi connectivity index (χ0) is 27.6. The average Bonchev–Trinajstić information content (AvgIpc) is 3.19. The fourth-order valence-electron chi connectivity index (χ4n) is 4.91. The van der Waals surface area contributed by atoms with Crippen molar-refractivity contribution in [1.29, 1.82) is 0 Å². The number of aromatic nitrogens is 3. The van der Waals surface area contributed by atoms with Crippen molar-refractivity contribution in [1.82, 2.24) is 19.4 Å². The van der Waals surface area contributed by atoms with E-state index in [0.717, 1.165) is 60.6 Å². The number of pyridine rings is 1. The summed E-state index contributed by atoms with van der Waals surface area (Å²) in [5.41, 5.74) is 3.72. The monoisotopic (exact) mass is 524 g/mol. The lowest BCUT2D eigenvalue weighted by atomic mass is 10.00. The van der Waals surface area contributed by atoms with Crippen LogP contribution in [0.2, 0.25) is 0 Å². The van der Waals surface area contributed by atoms with E-state index in [1.165, 1.54) is 0 Å². The molecule has 1 aromatic carbocycles. The molecule has 0 unspecified atom stereocenters. The number of rotatable bonds is 8. The summed E-state index contributed by atoms with van der Waals surface area (Å²) in [7, 11) is 1.76. The van der Waals surface area contributed by atoms with E-state index in [4.69, 9.17) is 14.5 Å². The maximum atomic E-state index is 12.7. The number of ether oxygens (including phenoxy) is 2. The van der Waals surface area contributed by atoms with E-state index in [1.54, 1.807) is 39.3 Å². The van der Waals surface area contributed by atoms with Gasteiger partial charge in [-0.3, -0.25) is 14.9 Å². The number of aliphatic hydroxyl groups excluding tert-OH is 1. The van der Waals surface area contributed by atoms with Crippen molar-refractivity contribution in [3.05, 3.63) is 51.9 Å². The second-order valence-corrected chi connectivity index (χ2v) is 11.4. The van der Waals surface area contributed by atoms with Crippen LogP contribution in [0, 0.1) is 12.8 Å². The third kappa shape index (κ3) is 6.51. The standard InChI is InChI=1S/C29H40N4O5/c1-18-13-22(17-32(6)27(18)35)26-31-23-8-7-21(14-24(23)33(26)16-20-9-11-37-12-10-20)15-30-25(19(2)34)28(36)38-29(3,4)5/h7-8,13-14,17,19-20,25,30,34H,9-12,15-16H2,1-6H3/t19-,25+/m1/s1. The second kappa shape index (κ2) is 11.4. The summed E-state index contributed by atoms with van der Waals surface area (Å²) in [4.78, 5) is 30.0. The Morgan fingerprint density at radius 3 is 2.61 bits per heavy atom. The van der Waals surface area contributed by atoms with Gasteiger partial charge in [-0.2, -0.15) is 0 Å². The van der Waals surface area contributed by atoms with E-state index in [-0.39, 0.29) is 5.56 Å². The summed E-state index contributed by atoms with van der Waals surface area (Å²) in [6.07, 6.45) is 2.90. The molecule has 2 N–H and O–H groups in total. The highest BCUT2D eigenvalue weighted by Gasteiger charge is 2.28. The smallest absolute Gasteiger partial charge is 0.326 e. The molecule has 0 bridgehead atoms. The lowest BCUT2D eigenvalue weighted by Gasteiger charge is -2.26. The fraction of sp³-hybridized carbons (Fsp3) is 0.552. The van der Waals surface area contributed by atoms with Gasteiger partial charge in [-0.15, -0.1) is 0 Å². The first kappa shape index (κ1) is 28.0. The Kier molecular flexibility index (Phi) is 8.40. The first-order chi connectivity index (χ1) is 17.9. The van der Waals surface area contributed by atoms with Gasteiger partial charge < -0.3 is 23.7 Å². The van der Waals surface area contributed by atoms with Crippen LogP contribution < -0.4 is 10.9 Å². The first-order valence-corrected chi connectivity index (χ1v) is 13.3. The Morgan fingerprint density at radius 1 is 1.26 bits per heavy atom. The SMILES string of the molecule is Cc1cc(-c2nc3ccc(CN[C@H](C(=O)OC(C)(C)C)[C@@H](C)O)cc3n2CC2CCOCC2)cn(C)c1=O. The maximum absolute atomic E-state index is 12.7. The maximum Gasteiger partial charge on any atom is 0.326 e. The lowest BCUT2D eigenvalue weighted by Crippen LogP contribution is -2.47. The van der Waals surface area contributed by atoms with Gasteiger partial charge in [-0.1, -0.05) is 6.07 Å². The van der Waals surface area contributed by atoms with Crippen molar-refractivity contribution in [2.75, 3.05) is 13.2 Å². The topological polar surface area (TPSA) is 108 Å². The van der Waals surface area contributed by atoms with Crippen LogP contribution in [0.4, 0.5) is 0 Å². The molecule has 38 heavy (non-hydrogen) atoms. The number of carbonyl (C=O) groups excluding carboxylic acids is 1. The fourth-order valence-corrected chi connectivity index (χ4v) is 4.91. The molecule has 1 fully saturated rings. The number of carbonyl (C=O) groups is 1. The number of nitrogens with zero attached hydrogens (tertiary/aromatic N) is 3. The zero-order valence-electron chi connectivity index (χ0n) is 23.3. The molecule has 9 nitrogen and oxygen atoms in total. The number of nitrogens with one attached hydrogen (secondary N) is 1. The highest BCUT2D eigenvalue weighted by atomic mass is 16.6. The third-order valence-electron chi connectivity index (χ3n) is 6.88. The Hall–Kier alpha value is -3.01. The van der Waals surface area contributed by atoms with Crippen molar-refractivity contribution in [2.24, 2.45) is 13.0 Å². The Bertz CT molecular complexity index is 1320. The van der Waals surface area contributed by atoms with Crippen LogP contribution >= 0.6 is 0 Å². The van der Waals surface area contributed by atoms with Gasteiger partial charge in [-0.25, -0.2) is 4.98 Å². The molecule has 0 radical (unpaired) electrons. The quantitative estimate of drug-likeness (QED) is 0.435. The Morgan fingerprint density at radius 2 is 1.97 bits per heavy atom. The number of hydrogen-bond donors (Lipinski definition) is 2.